The van der Waals surface area contributed by atoms with E-state index >= 15 is 0 Å². The molecular formula is C27H26BrN5O3S. The Balaban J connectivity index is 1.37. The largest absolute Gasteiger partial charge is 0.324 e. The molecule has 0 bridgehead atoms. The number of pyridine rings is 1. The van der Waals surface area contributed by atoms with E-state index in [0.717, 1.165) is 42.7 Å². The van der Waals surface area contributed by atoms with Crippen LogP contribution in [-0.2, 0) is 22.0 Å². The molecule has 2 aromatic carbocycles. The van der Waals surface area contributed by atoms with Gasteiger partial charge >= 0.3 is 0 Å². The molecule has 0 aliphatic carbocycles. The molecule has 1 saturated heterocycles. The fourth-order valence-electron chi connectivity index (χ4n) is 5.31. The van der Waals surface area contributed by atoms with E-state index in [1.54, 1.807) is 12.3 Å². The molecule has 1 fully saturated rings. The molecule has 2 aromatic heterocycles. The van der Waals surface area contributed by atoms with Gasteiger partial charge in [0, 0.05) is 23.7 Å². The Kier molecular flexibility index (Phi) is 6.34. The molecule has 4 aromatic rings. The summed E-state index contributed by atoms with van der Waals surface area (Å²) in [6.07, 6.45) is 4.07. The lowest BCUT2D eigenvalue weighted by molar-refractivity contribution is 0.460. The highest BCUT2D eigenvalue weighted by atomic mass is 79.9. The summed E-state index contributed by atoms with van der Waals surface area (Å²) in [6, 6.07) is 17.3. The zero-order valence-corrected chi connectivity index (χ0v) is 22.4. The second-order valence-corrected chi connectivity index (χ2v) is 12.7. The summed E-state index contributed by atoms with van der Waals surface area (Å²) in [5, 5.41) is 6.13. The number of nitrogens with zero attached hydrogens (tertiary/aromatic N) is 3. The highest BCUT2D eigenvalue weighted by molar-refractivity contribution is 9.10. The van der Waals surface area contributed by atoms with Crippen molar-refractivity contribution in [2.45, 2.75) is 36.3 Å². The van der Waals surface area contributed by atoms with E-state index in [2.05, 4.69) is 48.7 Å². The zero-order chi connectivity index (χ0) is 25.6. The lowest BCUT2D eigenvalue weighted by Gasteiger charge is -2.27. The minimum Gasteiger partial charge on any atom is -0.324 e. The van der Waals surface area contributed by atoms with Crippen LogP contribution in [0.1, 0.15) is 40.8 Å². The number of anilines is 2. The van der Waals surface area contributed by atoms with Crippen LogP contribution in [0.25, 0.3) is 11.0 Å². The van der Waals surface area contributed by atoms with Gasteiger partial charge < -0.3 is 10.6 Å². The maximum Gasteiger partial charge on any atom is 0.267 e. The van der Waals surface area contributed by atoms with E-state index in [9.17, 15) is 13.2 Å². The number of aromatic nitrogens is 3. The van der Waals surface area contributed by atoms with Crippen LogP contribution in [0.15, 0.2) is 70.1 Å². The van der Waals surface area contributed by atoms with Crippen molar-refractivity contribution >= 4 is 48.4 Å². The van der Waals surface area contributed by atoms with Crippen molar-refractivity contribution in [1.29, 1.82) is 0 Å². The second kappa shape index (κ2) is 9.66. The van der Waals surface area contributed by atoms with Crippen LogP contribution in [0.5, 0.6) is 0 Å². The molecule has 1 atom stereocenters. The molecule has 0 radical (unpaired) electrons. The molecule has 6 rings (SSSR count). The minimum atomic E-state index is -3.65. The van der Waals surface area contributed by atoms with Gasteiger partial charge in [0.15, 0.2) is 9.84 Å². The van der Waals surface area contributed by atoms with Crippen molar-refractivity contribution < 1.29 is 8.42 Å². The Morgan fingerprint density at radius 1 is 1.03 bits per heavy atom. The maximum absolute atomic E-state index is 13.4. The van der Waals surface area contributed by atoms with Crippen molar-refractivity contribution in [2.75, 3.05) is 18.4 Å². The fourth-order valence-corrected chi connectivity index (χ4v) is 7.61. The van der Waals surface area contributed by atoms with E-state index in [0.29, 0.717) is 17.3 Å². The summed E-state index contributed by atoms with van der Waals surface area (Å²) in [5.41, 5.74) is 3.68. The van der Waals surface area contributed by atoms with E-state index in [1.807, 2.05) is 36.4 Å². The Hall–Kier alpha value is -3.08. The van der Waals surface area contributed by atoms with Crippen LogP contribution in [0.2, 0.25) is 0 Å². The van der Waals surface area contributed by atoms with Gasteiger partial charge in [-0.05, 0) is 82.7 Å². The average molecular weight is 581 g/mol. The van der Waals surface area contributed by atoms with Crippen LogP contribution in [0, 0.1) is 0 Å². The third-order valence-electron chi connectivity index (χ3n) is 7.28. The molecule has 2 N–H and O–H groups in total. The number of hydrogen-bond donors (Lipinski definition) is 2. The number of sulfone groups is 1. The molecule has 8 nitrogen and oxygen atoms in total. The number of benzene rings is 2. The second-order valence-electron chi connectivity index (χ2n) is 9.65. The van der Waals surface area contributed by atoms with E-state index in [4.69, 9.17) is 0 Å². The molecule has 1 unspecified atom stereocenters. The minimum absolute atomic E-state index is 0.117. The first-order valence-electron chi connectivity index (χ1n) is 12.3. The highest BCUT2D eigenvalue weighted by Crippen LogP contribution is 2.33. The molecule has 2 aliphatic heterocycles. The zero-order valence-electron chi connectivity index (χ0n) is 20.0. The predicted octanol–water partition coefficient (Wildman–Crippen LogP) is 4.43. The Labute approximate surface area is 223 Å². The smallest absolute Gasteiger partial charge is 0.267 e. The number of nitrogens with one attached hydrogen (secondary N) is 2. The van der Waals surface area contributed by atoms with Gasteiger partial charge in [0.1, 0.15) is 11.0 Å². The van der Waals surface area contributed by atoms with Gasteiger partial charge in [-0.3, -0.25) is 9.36 Å². The van der Waals surface area contributed by atoms with Crippen LogP contribution in [-0.4, -0.2) is 36.0 Å². The first-order valence-corrected chi connectivity index (χ1v) is 14.8. The van der Waals surface area contributed by atoms with Gasteiger partial charge in [0.05, 0.1) is 10.2 Å². The number of halogens is 1. The van der Waals surface area contributed by atoms with Crippen LogP contribution < -0.4 is 16.2 Å². The monoisotopic (exact) mass is 579 g/mol. The highest BCUT2D eigenvalue weighted by Gasteiger charge is 2.35. The summed E-state index contributed by atoms with van der Waals surface area (Å²) in [5.74, 6) is 0.738. The molecule has 4 heterocycles. The van der Waals surface area contributed by atoms with Crippen molar-refractivity contribution in [1.82, 2.24) is 19.9 Å². The molecule has 0 amide bonds. The normalized spacial score (nSPS) is 19.4. The number of rotatable bonds is 4. The Morgan fingerprint density at radius 2 is 1.76 bits per heavy atom. The van der Waals surface area contributed by atoms with Crippen molar-refractivity contribution in [3.05, 3.63) is 92.3 Å². The summed E-state index contributed by atoms with van der Waals surface area (Å²) < 4.78 is 28.3. The number of hydrogen-bond acceptors (Lipinski definition) is 7. The molecule has 10 heteroatoms. The van der Waals surface area contributed by atoms with E-state index < -0.39 is 20.8 Å². The quantitative estimate of drug-likeness (QED) is 0.368. The van der Waals surface area contributed by atoms with Gasteiger partial charge in [0.2, 0.25) is 5.95 Å². The van der Waals surface area contributed by atoms with Gasteiger partial charge in [-0.15, -0.1) is 0 Å². The predicted molar refractivity (Wildman–Crippen MR) is 148 cm³/mol. The summed E-state index contributed by atoms with van der Waals surface area (Å²) in [7, 11) is -3.65. The van der Waals surface area contributed by atoms with Crippen molar-refractivity contribution in [2.24, 2.45) is 0 Å². The fraction of sp³-hybridized carbons (Fsp3) is 0.296. The van der Waals surface area contributed by atoms with E-state index in [-0.39, 0.29) is 22.3 Å². The van der Waals surface area contributed by atoms with Gasteiger partial charge in [-0.25, -0.2) is 13.4 Å². The summed E-state index contributed by atoms with van der Waals surface area (Å²) >= 11 is 3.31. The summed E-state index contributed by atoms with van der Waals surface area (Å²) in [6.45, 7) is 2.07. The lowest BCUT2D eigenvalue weighted by atomic mass is 9.90. The first-order chi connectivity index (χ1) is 17.9. The van der Waals surface area contributed by atoms with E-state index in [1.165, 1.54) is 10.1 Å². The molecule has 0 spiro atoms. The topological polar surface area (TPSA) is 106 Å². The lowest BCUT2D eigenvalue weighted by Crippen LogP contribution is -2.35. The van der Waals surface area contributed by atoms with Crippen LogP contribution in [0.4, 0.5) is 11.6 Å². The third kappa shape index (κ3) is 4.69. The van der Waals surface area contributed by atoms with Crippen LogP contribution in [0.3, 0.4) is 0 Å². The van der Waals surface area contributed by atoms with Gasteiger partial charge in [-0.2, -0.15) is 4.98 Å². The number of piperidine rings is 1. The molecule has 37 heavy (non-hydrogen) atoms. The van der Waals surface area contributed by atoms with Crippen molar-refractivity contribution in [3.8, 4) is 0 Å². The van der Waals surface area contributed by atoms with Gasteiger partial charge in [0.25, 0.3) is 5.56 Å². The van der Waals surface area contributed by atoms with Crippen molar-refractivity contribution in [3.63, 3.8) is 0 Å². The molecule has 0 saturated carbocycles. The molecule has 2 aliphatic rings. The number of fused-ring (bicyclic) bond motifs is 2. The average Bonchev–Trinajstić information content (AvgIpc) is 2.90. The van der Waals surface area contributed by atoms with Gasteiger partial charge in [-0.1, -0.05) is 36.4 Å². The first kappa shape index (κ1) is 24.3. The molecule has 190 valence electrons. The maximum atomic E-state index is 13.4. The third-order valence-corrected chi connectivity index (χ3v) is 9.77. The Bertz CT molecular complexity index is 1650. The SMILES string of the molecule is O=c1c(Br)cc2cnc(Nc3ccc(C4CCNCC4)cc3)nc2n1C1Cc2ccccc2CS1(=O)=O. The summed E-state index contributed by atoms with van der Waals surface area (Å²) in [4.78, 5) is 22.4. The Morgan fingerprint density at radius 3 is 2.51 bits per heavy atom. The molecular weight excluding hydrogens is 554 g/mol. The standard InChI is InChI=1S/C27H26BrN5O3S/c28-23-13-21-15-30-27(31-22-7-5-17(6-8-22)18-9-11-29-12-10-18)32-25(21)33(26(23)34)24-14-19-3-1-2-4-20(19)16-37(24,35)36/h1-8,13,15,18,24,29H,9-12,14,16H2,(H,30,31,32). The van der Waals surface area contributed by atoms with Crippen LogP contribution >= 0.6 is 15.9 Å².